The number of carbonyl (C=O) groups excluding carboxylic acids is 3. The van der Waals surface area contributed by atoms with Crippen LogP contribution in [0.25, 0.3) is 0 Å². The van der Waals surface area contributed by atoms with Gasteiger partial charge < -0.3 is 9.74 Å². The topological polar surface area (TPSA) is 66.9 Å². The van der Waals surface area contributed by atoms with Crippen LogP contribution in [0.4, 0.5) is 0 Å². The van der Waals surface area contributed by atoms with Gasteiger partial charge >= 0.3 is 5.97 Å². The predicted molar refractivity (Wildman–Crippen MR) is 97.9 cm³/mol. The number of imide groups is 1. The zero-order valence-corrected chi connectivity index (χ0v) is 14.8. The van der Waals surface area contributed by atoms with E-state index < -0.39 is 23.7 Å². The smallest absolute Gasteiger partial charge is 0.329 e. The van der Waals surface area contributed by atoms with Crippen molar-refractivity contribution in [3.63, 3.8) is 0 Å². The molecular weight excluding hydrogens is 344 g/mol. The molecule has 0 N–H and O–H groups in total. The summed E-state index contributed by atoms with van der Waals surface area (Å²) in [7, 11) is 0. The van der Waals surface area contributed by atoms with Gasteiger partial charge in [0, 0.05) is 6.54 Å². The summed E-state index contributed by atoms with van der Waals surface area (Å²) >= 11 is 0. The Balaban J connectivity index is 1.55. The summed E-state index contributed by atoms with van der Waals surface area (Å²) in [6.45, 7) is 2.37. The van der Waals surface area contributed by atoms with Crippen molar-refractivity contribution in [2.45, 2.75) is 18.8 Å². The Labute approximate surface area is 157 Å². The third kappa shape index (κ3) is 3.36. The van der Waals surface area contributed by atoms with E-state index in [4.69, 9.17) is 4.84 Å². The minimum atomic E-state index is -0.600. The molecule has 27 heavy (non-hydrogen) atoms. The summed E-state index contributed by atoms with van der Waals surface area (Å²) in [6, 6.07) is 15.8. The zero-order chi connectivity index (χ0) is 18.8. The van der Waals surface area contributed by atoms with Crippen LogP contribution in [-0.2, 0) is 9.63 Å². The lowest BCUT2D eigenvalue weighted by molar-refractivity contribution is -0.171. The van der Waals surface area contributed by atoms with Crippen molar-refractivity contribution in [1.29, 1.82) is 0 Å². The maximum Gasteiger partial charge on any atom is 0.341 e. The first kappa shape index (κ1) is 17.4. The average Bonchev–Trinajstić information content (AvgIpc) is 3.30. The van der Waals surface area contributed by atoms with Crippen LogP contribution in [-0.4, -0.2) is 47.4 Å². The molecule has 0 saturated carbocycles. The molecule has 2 aromatic carbocycles. The van der Waals surface area contributed by atoms with E-state index in [0.717, 1.165) is 31.5 Å². The highest BCUT2D eigenvalue weighted by molar-refractivity contribution is 6.20. The second-order valence-electron chi connectivity index (χ2n) is 6.83. The molecule has 1 saturated heterocycles. The molecule has 1 atom stereocenters. The number of benzene rings is 2. The molecule has 6 heteroatoms. The molecule has 0 aromatic heterocycles. The second-order valence-corrected chi connectivity index (χ2v) is 6.83. The molecule has 2 amide bonds. The van der Waals surface area contributed by atoms with E-state index in [1.165, 1.54) is 0 Å². The van der Waals surface area contributed by atoms with Crippen LogP contribution in [0.3, 0.4) is 0 Å². The molecule has 4 rings (SSSR count). The van der Waals surface area contributed by atoms with Gasteiger partial charge in [-0.15, -0.1) is 0 Å². The molecule has 0 aliphatic carbocycles. The highest BCUT2D eigenvalue weighted by Crippen LogP contribution is 2.26. The van der Waals surface area contributed by atoms with Crippen molar-refractivity contribution < 1.29 is 19.2 Å². The standard InChI is InChI=1S/C21H20N2O4/c24-19-16-10-4-5-11-17(16)20(25)23(19)27-21(26)18(14-22-12-6-7-13-22)15-8-2-1-3-9-15/h1-5,8-11,18H,6-7,12-14H2. The van der Waals surface area contributed by atoms with Gasteiger partial charge in [0.05, 0.1) is 17.0 Å². The van der Waals surface area contributed by atoms with Crippen LogP contribution in [0.5, 0.6) is 0 Å². The Hall–Kier alpha value is -2.99. The highest BCUT2D eigenvalue weighted by atomic mass is 16.7. The van der Waals surface area contributed by atoms with Crippen molar-refractivity contribution in [2.24, 2.45) is 0 Å². The van der Waals surface area contributed by atoms with Crippen LogP contribution in [0.15, 0.2) is 54.6 Å². The van der Waals surface area contributed by atoms with E-state index in [0.29, 0.717) is 11.6 Å². The first-order valence-corrected chi connectivity index (χ1v) is 9.12. The van der Waals surface area contributed by atoms with E-state index in [2.05, 4.69) is 4.90 Å². The number of rotatable bonds is 5. The van der Waals surface area contributed by atoms with E-state index in [1.54, 1.807) is 24.3 Å². The predicted octanol–water partition coefficient (Wildman–Crippen LogP) is 2.62. The monoisotopic (exact) mass is 364 g/mol. The van der Waals surface area contributed by atoms with Crippen LogP contribution in [0, 0.1) is 0 Å². The molecule has 138 valence electrons. The number of hydroxylamine groups is 2. The van der Waals surface area contributed by atoms with Crippen LogP contribution in [0.1, 0.15) is 45.0 Å². The number of hydrogen-bond acceptors (Lipinski definition) is 5. The van der Waals surface area contributed by atoms with E-state index in [1.807, 2.05) is 30.3 Å². The first-order chi connectivity index (χ1) is 13.1. The van der Waals surface area contributed by atoms with Gasteiger partial charge in [-0.1, -0.05) is 47.5 Å². The fraction of sp³-hybridized carbons (Fsp3) is 0.286. The van der Waals surface area contributed by atoms with Gasteiger partial charge in [-0.3, -0.25) is 9.59 Å². The maximum atomic E-state index is 12.9. The third-order valence-electron chi connectivity index (χ3n) is 5.06. The zero-order valence-electron chi connectivity index (χ0n) is 14.8. The van der Waals surface area contributed by atoms with Crippen molar-refractivity contribution in [2.75, 3.05) is 19.6 Å². The van der Waals surface area contributed by atoms with Gasteiger partial charge in [0.15, 0.2) is 0 Å². The molecule has 1 unspecified atom stereocenters. The van der Waals surface area contributed by atoms with E-state index in [-0.39, 0.29) is 11.1 Å². The van der Waals surface area contributed by atoms with Crippen LogP contribution < -0.4 is 0 Å². The Morgan fingerprint density at radius 3 is 2.04 bits per heavy atom. The molecule has 0 spiro atoms. The largest absolute Gasteiger partial charge is 0.341 e. The van der Waals surface area contributed by atoms with Gasteiger partial charge in [0.1, 0.15) is 0 Å². The Morgan fingerprint density at radius 2 is 1.44 bits per heavy atom. The third-order valence-corrected chi connectivity index (χ3v) is 5.06. The lowest BCUT2D eigenvalue weighted by Gasteiger charge is -2.23. The molecule has 0 radical (unpaired) electrons. The molecule has 2 aliphatic rings. The molecule has 6 nitrogen and oxygen atoms in total. The van der Waals surface area contributed by atoms with Gasteiger partial charge in [-0.05, 0) is 43.6 Å². The quantitative estimate of drug-likeness (QED) is 0.763. The summed E-state index contributed by atoms with van der Waals surface area (Å²) in [5.74, 6) is -2.36. The highest BCUT2D eigenvalue weighted by Gasteiger charge is 2.40. The number of likely N-dealkylation sites (tertiary alicyclic amines) is 1. The van der Waals surface area contributed by atoms with Gasteiger partial charge in [-0.25, -0.2) is 4.79 Å². The molecule has 2 aliphatic heterocycles. The number of nitrogens with zero attached hydrogens (tertiary/aromatic N) is 2. The summed E-state index contributed by atoms with van der Waals surface area (Å²) in [5.41, 5.74) is 1.32. The van der Waals surface area contributed by atoms with Crippen LogP contribution >= 0.6 is 0 Å². The number of amides is 2. The lowest BCUT2D eigenvalue weighted by Crippen LogP contribution is -2.37. The SMILES string of the molecule is O=C(ON1C(=O)c2ccccc2C1=O)C(CN1CCCC1)c1ccccc1. The Morgan fingerprint density at radius 1 is 0.889 bits per heavy atom. The Kier molecular flexibility index (Phi) is 4.73. The van der Waals surface area contributed by atoms with Crippen LogP contribution in [0.2, 0.25) is 0 Å². The number of fused-ring (bicyclic) bond motifs is 1. The minimum absolute atomic E-state index is 0.256. The fourth-order valence-corrected chi connectivity index (χ4v) is 3.63. The van der Waals surface area contributed by atoms with Gasteiger partial charge in [0.2, 0.25) is 0 Å². The maximum absolute atomic E-state index is 12.9. The molecule has 0 bridgehead atoms. The molecule has 2 aromatic rings. The van der Waals surface area contributed by atoms with Crippen molar-refractivity contribution in [3.05, 3.63) is 71.3 Å². The average molecular weight is 364 g/mol. The van der Waals surface area contributed by atoms with E-state index >= 15 is 0 Å². The Bertz CT molecular complexity index is 840. The van der Waals surface area contributed by atoms with Gasteiger partial charge in [-0.2, -0.15) is 0 Å². The summed E-state index contributed by atoms with van der Waals surface area (Å²) < 4.78 is 0. The fourth-order valence-electron chi connectivity index (χ4n) is 3.63. The molecular formula is C21H20N2O4. The molecule has 2 heterocycles. The van der Waals surface area contributed by atoms with E-state index in [9.17, 15) is 14.4 Å². The normalized spacial score (nSPS) is 17.9. The lowest BCUT2D eigenvalue weighted by atomic mass is 9.99. The summed E-state index contributed by atoms with van der Waals surface area (Å²) in [6.07, 6.45) is 2.21. The van der Waals surface area contributed by atoms with Gasteiger partial charge in [0.25, 0.3) is 11.8 Å². The first-order valence-electron chi connectivity index (χ1n) is 9.12. The van der Waals surface area contributed by atoms with Crippen molar-refractivity contribution in [1.82, 2.24) is 9.96 Å². The summed E-state index contributed by atoms with van der Waals surface area (Å²) in [4.78, 5) is 45.4. The minimum Gasteiger partial charge on any atom is -0.329 e. The second kappa shape index (κ2) is 7.32. The van der Waals surface area contributed by atoms with Crippen molar-refractivity contribution in [3.8, 4) is 0 Å². The number of hydrogen-bond donors (Lipinski definition) is 0. The number of carbonyl (C=O) groups is 3. The summed E-state index contributed by atoms with van der Waals surface area (Å²) in [5, 5.41) is 0.590. The molecule has 1 fully saturated rings. The van der Waals surface area contributed by atoms with Crippen molar-refractivity contribution >= 4 is 17.8 Å².